The quantitative estimate of drug-likeness (QED) is 0.763. The molecule has 0 aromatic heterocycles. The lowest BCUT2D eigenvalue weighted by molar-refractivity contribution is -0.124. The van der Waals surface area contributed by atoms with Crippen molar-refractivity contribution in [3.05, 3.63) is 53.1 Å². The van der Waals surface area contributed by atoms with Gasteiger partial charge in [0.2, 0.25) is 11.8 Å². The molecular formula is C20H21ClN2O4. The number of fused-ring (bicyclic) bond motifs is 1. The van der Waals surface area contributed by atoms with E-state index in [0.717, 1.165) is 12.0 Å². The Balaban J connectivity index is 1.38. The standard InChI is InChI=1S/C20H21ClN2O4/c21-15-5-1-3-14(11-15)4-2-6-19(24)22-13-20(25)23-16-7-8-17-18(12-16)27-10-9-26-17/h1,3,5,7-8,11-12H,2,4,6,9-10,13H2,(H,22,24)(H,23,25). The number of ether oxygens (including phenoxy) is 2. The smallest absolute Gasteiger partial charge is 0.243 e. The lowest BCUT2D eigenvalue weighted by atomic mass is 10.1. The van der Waals surface area contributed by atoms with Gasteiger partial charge in [-0.3, -0.25) is 9.59 Å². The fourth-order valence-corrected chi connectivity index (χ4v) is 2.95. The van der Waals surface area contributed by atoms with Crippen LogP contribution in [0.1, 0.15) is 18.4 Å². The van der Waals surface area contributed by atoms with Gasteiger partial charge in [-0.05, 0) is 42.7 Å². The lowest BCUT2D eigenvalue weighted by Crippen LogP contribution is -2.32. The Hall–Kier alpha value is -2.73. The van der Waals surface area contributed by atoms with Crippen molar-refractivity contribution in [2.45, 2.75) is 19.3 Å². The molecule has 2 aromatic rings. The van der Waals surface area contributed by atoms with Crippen molar-refractivity contribution >= 4 is 29.1 Å². The molecule has 2 N–H and O–H groups in total. The van der Waals surface area contributed by atoms with Gasteiger partial charge in [0.15, 0.2) is 11.5 Å². The van der Waals surface area contributed by atoms with Crippen LogP contribution in [0.4, 0.5) is 5.69 Å². The Labute approximate surface area is 162 Å². The highest BCUT2D eigenvalue weighted by Crippen LogP contribution is 2.32. The van der Waals surface area contributed by atoms with Crippen molar-refractivity contribution in [3.8, 4) is 11.5 Å². The maximum Gasteiger partial charge on any atom is 0.243 e. The minimum absolute atomic E-state index is 0.0789. The molecular weight excluding hydrogens is 368 g/mol. The number of halogens is 1. The molecule has 0 fully saturated rings. The number of amides is 2. The highest BCUT2D eigenvalue weighted by Gasteiger charge is 2.13. The molecule has 27 heavy (non-hydrogen) atoms. The number of anilines is 1. The summed E-state index contributed by atoms with van der Waals surface area (Å²) in [6, 6.07) is 12.8. The zero-order chi connectivity index (χ0) is 19.1. The molecule has 0 bridgehead atoms. The van der Waals surface area contributed by atoms with Crippen LogP contribution in [-0.4, -0.2) is 31.6 Å². The summed E-state index contributed by atoms with van der Waals surface area (Å²) < 4.78 is 10.9. The summed E-state index contributed by atoms with van der Waals surface area (Å²) in [5.41, 5.74) is 1.69. The average molecular weight is 389 g/mol. The molecule has 3 rings (SSSR count). The van der Waals surface area contributed by atoms with E-state index in [1.807, 2.05) is 24.3 Å². The molecule has 7 heteroatoms. The molecule has 0 atom stereocenters. The lowest BCUT2D eigenvalue weighted by Gasteiger charge is -2.19. The predicted octanol–water partition coefficient (Wildman–Crippen LogP) is 3.19. The van der Waals surface area contributed by atoms with Gasteiger partial charge < -0.3 is 20.1 Å². The van der Waals surface area contributed by atoms with Crippen LogP contribution in [0.25, 0.3) is 0 Å². The second-order valence-electron chi connectivity index (χ2n) is 6.17. The van der Waals surface area contributed by atoms with E-state index in [1.165, 1.54) is 0 Å². The van der Waals surface area contributed by atoms with E-state index < -0.39 is 0 Å². The summed E-state index contributed by atoms with van der Waals surface area (Å²) in [5, 5.41) is 6.05. The highest BCUT2D eigenvalue weighted by atomic mass is 35.5. The molecule has 1 heterocycles. The molecule has 0 unspecified atom stereocenters. The van der Waals surface area contributed by atoms with E-state index in [0.29, 0.717) is 48.3 Å². The van der Waals surface area contributed by atoms with Gasteiger partial charge in [0, 0.05) is 23.2 Å². The summed E-state index contributed by atoms with van der Waals surface area (Å²) in [5.74, 6) is 0.806. The first-order valence-electron chi connectivity index (χ1n) is 8.81. The van der Waals surface area contributed by atoms with Gasteiger partial charge in [-0.15, -0.1) is 0 Å². The third kappa shape index (κ3) is 5.89. The molecule has 1 aliphatic rings. The molecule has 2 aromatic carbocycles. The SMILES string of the molecule is O=C(CCCc1cccc(Cl)c1)NCC(=O)Nc1ccc2c(c1)OCCO2. The third-order valence-electron chi connectivity index (χ3n) is 4.03. The van der Waals surface area contributed by atoms with E-state index in [-0.39, 0.29) is 18.4 Å². The van der Waals surface area contributed by atoms with Gasteiger partial charge in [-0.2, -0.15) is 0 Å². The van der Waals surface area contributed by atoms with E-state index in [1.54, 1.807) is 18.2 Å². The van der Waals surface area contributed by atoms with Crippen molar-refractivity contribution in [3.63, 3.8) is 0 Å². The monoisotopic (exact) mass is 388 g/mol. The predicted molar refractivity (Wildman–Crippen MR) is 103 cm³/mol. The summed E-state index contributed by atoms with van der Waals surface area (Å²) in [7, 11) is 0. The number of hydrogen-bond acceptors (Lipinski definition) is 4. The number of carbonyl (C=O) groups is 2. The van der Waals surface area contributed by atoms with Crippen LogP contribution in [0.5, 0.6) is 11.5 Å². The number of hydrogen-bond donors (Lipinski definition) is 2. The first-order valence-corrected chi connectivity index (χ1v) is 9.18. The zero-order valence-corrected chi connectivity index (χ0v) is 15.6. The first-order chi connectivity index (χ1) is 13.1. The number of rotatable bonds is 7. The van der Waals surface area contributed by atoms with Crippen LogP contribution in [-0.2, 0) is 16.0 Å². The molecule has 142 valence electrons. The van der Waals surface area contributed by atoms with Crippen molar-refractivity contribution < 1.29 is 19.1 Å². The van der Waals surface area contributed by atoms with Gasteiger partial charge in [0.1, 0.15) is 13.2 Å². The fourth-order valence-electron chi connectivity index (χ4n) is 2.74. The Morgan fingerprint density at radius 2 is 1.81 bits per heavy atom. The summed E-state index contributed by atoms with van der Waals surface area (Å²) in [6.07, 6.45) is 1.80. The number of nitrogens with one attached hydrogen (secondary N) is 2. The second-order valence-corrected chi connectivity index (χ2v) is 6.60. The van der Waals surface area contributed by atoms with Crippen molar-refractivity contribution in [2.24, 2.45) is 0 Å². The average Bonchev–Trinajstić information content (AvgIpc) is 2.66. The van der Waals surface area contributed by atoms with Crippen molar-refractivity contribution in [1.82, 2.24) is 5.32 Å². The van der Waals surface area contributed by atoms with Crippen LogP contribution < -0.4 is 20.1 Å². The fraction of sp³-hybridized carbons (Fsp3) is 0.300. The Morgan fingerprint density at radius 1 is 1.00 bits per heavy atom. The maximum atomic E-state index is 12.0. The second kappa shape index (κ2) is 9.28. The summed E-state index contributed by atoms with van der Waals surface area (Å²) in [4.78, 5) is 23.9. The van der Waals surface area contributed by atoms with Crippen LogP contribution in [0.2, 0.25) is 5.02 Å². The molecule has 0 saturated carbocycles. The van der Waals surface area contributed by atoms with Gasteiger partial charge in [0.05, 0.1) is 6.54 Å². The van der Waals surface area contributed by atoms with Crippen LogP contribution in [0.3, 0.4) is 0 Å². The van der Waals surface area contributed by atoms with Crippen LogP contribution in [0, 0.1) is 0 Å². The molecule has 0 spiro atoms. The topological polar surface area (TPSA) is 76.7 Å². The van der Waals surface area contributed by atoms with Crippen LogP contribution >= 0.6 is 11.6 Å². The first kappa shape index (κ1) is 19.0. The molecule has 2 amide bonds. The number of carbonyl (C=O) groups excluding carboxylic acids is 2. The largest absolute Gasteiger partial charge is 0.486 e. The minimum Gasteiger partial charge on any atom is -0.486 e. The van der Waals surface area contributed by atoms with Gasteiger partial charge in [0.25, 0.3) is 0 Å². The molecule has 0 radical (unpaired) electrons. The van der Waals surface area contributed by atoms with Gasteiger partial charge >= 0.3 is 0 Å². The molecule has 1 aliphatic heterocycles. The molecule has 0 aliphatic carbocycles. The maximum absolute atomic E-state index is 12.0. The number of benzene rings is 2. The van der Waals surface area contributed by atoms with E-state index >= 15 is 0 Å². The highest BCUT2D eigenvalue weighted by molar-refractivity contribution is 6.30. The molecule has 6 nitrogen and oxygen atoms in total. The van der Waals surface area contributed by atoms with E-state index in [9.17, 15) is 9.59 Å². The molecule has 0 saturated heterocycles. The Kier molecular flexibility index (Phi) is 6.54. The summed E-state index contributed by atoms with van der Waals surface area (Å²) in [6.45, 7) is 0.919. The number of aryl methyl sites for hydroxylation is 1. The van der Waals surface area contributed by atoms with Crippen molar-refractivity contribution in [2.75, 3.05) is 25.1 Å². The van der Waals surface area contributed by atoms with Gasteiger partial charge in [-0.1, -0.05) is 23.7 Å². The third-order valence-corrected chi connectivity index (χ3v) is 4.27. The van der Waals surface area contributed by atoms with E-state index in [2.05, 4.69) is 10.6 Å². The minimum atomic E-state index is -0.296. The van der Waals surface area contributed by atoms with E-state index in [4.69, 9.17) is 21.1 Å². The summed E-state index contributed by atoms with van der Waals surface area (Å²) >= 11 is 5.94. The van der Waals surface area contributed by atoms with Crippen molar-refractivity contribution in [1.29, 1.82) is 0 Å². The Morgan fingerprint density at radius 3 is 2.63 bits per heavy atom. The normalized spacial score (nSPS) is 12.3. The van der Waals surface area contributed by atoms with Gasteiger partial charge in [-0.25, -0.2) is 0 Å². The Bertz CT molecular complexity index is 825. The zero-order valence-electron chi connectivity index (χ0n) is 14.8. The van der Waals surface area contributed by atoms with Crippen LogP contribution in [0.15, 0.2) is 42.5 Å².